The van der Waals surface area contributed by atoms with Gasteiger partial charge in [0.05, 0.1) is 13.7 Å². The molecule has 3 saturated heterocycles. The number of ether oxygens (including phenoxy) is 2. The predicted molar refractivity (Wildman–Crippen MR) is 97.0 cm³/mol. The van der Waals surface area contributed by atoms with Crippen LogP contribution in [0.3, 0.4) is 0 Å². The highest BCUT2D eigenvalue weighted by molar-refractivity contribution is 7.99. The van der Waals surface area contributed by atoms with Gasteiger partial charge in [0.1, 0.15) is 12.1 Å². The Morgan fingerprint density at radius 3 is 2.58 bits per heavy atom. The van der Waals surface area contributed by atoms with Crippen LogP contribution in [-0.2, 0) is 19.1 Å². The van der Waals surface area contributed by atoms with Crippen LogP contribution >= 0.6 is 11.8 Å². The van der Waals surface area contributed by atoms with Crippen LogP contribution in [0, 0.1) is 0 Å². The second kappa shape index (κ2) is 8.14. The minimum Gasteiger partial charge on any atom is -0.468 e. The van der Waals surface area contributed by atoms with Gasteiger partial charge < -0.3 is 14.4 Å². The normalized spacial score (nSPS) is 26.2. The standard InChI is InChI=1S/C17H27N3O5S/c1-24-9-8-20-16(23)19(11-14(21)25-2)15(22)17(20)4-6-18(7-5-17)13-3-10-26-12-13/h13H,3-12H2,1-2H3. The van der Waals surface area contributed by atoms with E-state index in [9.17, 15) is 14.4 Å². The molecular weight excluding hydrogens is 358 g/mol. The molecule has 0 saturated carbocycles. The Hall–Kier alpha value is -1.32. The van der Waals surface area contributed by atoms with E-state index in [1.165, 1.54) is 19.3 Å². The molecule has 0 N–H and O–H groups in total. The summed E-state index contributed by atoms with van der Waals surface area (Å²) in [6, 6.07) is 0.158. The fraction of sp³-hybridized carbons (Fsp3) is 0.824. The van der Waals surface area contributed by atoms with Crippen molar-refractivity contribution in [3.8, 4) is 0 Å². The van der Waals surface area contributed by atoms with Gasteiger partial charge >= 0.3 is 12.0 Å². The zero-order valence-corrected chi connectivity index (χ0v) is 16.3. The van der Waals surface area contributed by atoms with Gasteiger partial charge in [0.25, 0.3) is 5.91 Å². The Bertz CT molecular complexity index is 559. The summed E-state index contributed by atoms with van der Waals surface area (Å²) in [5.41, 5.74) is -0.855. The predicted octanol–water partition coefficient (Wildman–Crippen LogP) is 0.410. The molecule has 0 bridgehead atoms. The average molecular weight is 385 g/mol. The zero-order chi connectivity index (χ0) is 18.7. The molecule has 3 aliphatic rings. The number of hydrogen-bond donors (Lipinski definition) is 0. The number of methoxy groups -OCH3 is 2. The van der Waals surface area contributed by atoms with Crippen LogP contribution in [0.5, 0.6) is 0 Å². The maximum Gasteiger partial charge on any atom is 0.328 e. The van der Waals surface area contributed by atoms with Crippen LogP contribution < -0.4 is 0 Å². The molecule has 3 rings (SSSR count). The van der Waals surface area contributed by atoms with Crippen molar-refractivity contribution in [3.63, 3.8) is 0 Å². The molecule has 3 fully saturated rings. The molecule has 0 aliphatic carbocycles. The Morgan fingerprint density at radius 1 is 1.27 bits per heavy atom. The van der Waals surface area contributed by atoms with Crippen LogP contribution in [0.25, 0.3) is 0 Å². The molecule has 3 aliphatic heterocycles. The average Bonchev–Trinajstić information content (AvgIpc) is 3.25. The molecule has 3 amide bonds. The molecule has 0 aromatic carbocycles. The monoisotopic (exact) mass is 385 g/mol. The van der Waals surface area contributed by atoms with Crippen molar-refractivity contribution >= 4 is 29.7 Å². The summed E-state index contributed by atoms with van der Waals surface area (Å²) in [5, 5.41) is 0. The maximum atomic E-state index is 13.1. The molecule has 9 heteroatoms. The minimum atomic E-state index is -0.855. The van der Waals surface area contributed by atoms with Crippen molar-refractivity contribution in [2.75, 3.05) is 58.5 Å². The highest BCUT2D eigenvalue weighted by atomic mass is 32.2. The summed E-state index contributed by atoms with van der Waals surface area (Å²) in [7, 11) is 2.82. The third-order valence-corrected chi connectivity index (χ3v) is 6.85. The van der Waals surface area contributed by atoms with Crippen LogP contribution in [-0.4, -0.2) is 103 Å². The van der Waals surface area contributed by atoms with Gasteiger partial charge in [-0.05, 0) is 25.0 Å². The minimum absolute atomic E-state index is 0.274. The van der Waals surface area contributed by atoms with Gasteiger partial charge in [0, 0.05) is 38.5 Å². The number of rotatable bonds is 6. The number of piperidine rings is 1. The van der Waals surface area contributed by atoms with Gasteiger partial charge in [-0.2, -0.15) is 11.8 Å². The molecule has 0 aromatic rings. The third-order valence-electron chi connectivity index (χ3n) is 5.70. The van der Waals surface area contributed by atoms with E-state index in [1.54, 1.807) is 12.0 Å². The molecule has 8 nitrogen and oxygen atoms in total. The summed E-state index contributed by atoms with van der Waals surface area (Å²) in [4.78, 5) is 42.7. The number of imide groups is 1. The molecule has 1 unspecified atom stereocenters. The van der Waals surface area contributed by atoms with Crippen LogP contribution in [0.15, 0.2) is 0 Å². The Labute approximate surface area is 158 Å². The zero-order valence-electron chi connectivity index (χ0n) is 15.4. The van der Waals surface area contributed by atoms with Gasteiger partial charge in [0.15, 0.2) is 0 Å². The quantitative estimate of drug-likeness (QED) is 0.484. The number of hydrogen-bond acceptors (Lipinski definition) is 7. The SMILES string of the molecule is COCCN1C(=O)N(CC(=O)OC)C(=O)C12CCN(C1CCSC1)CC2. The van der Waals surface area contributed by atoms with E-state index in [-0.39, 0.29) is 12.5 Å². The number of esters is 1. The van der Waals surface area contributed by atoms with E-state index >= 15 is 0 Å². The van der Waals surface area contributed by atoms with Gasteiger partial charge in [-0.1, -0.05) is 0 Å². The van der Waals surface area contributed by atoms with Crippen LogP contribution in [0.4, 0.5) is 4.79 Å². The fourth-order valence-electron chi connectivity index (χ4n) is 4.16. The van der Waals surface area contributed by atoms with Crippen molar-refractivity contribution in [2.24, 2.45) is 0 Å². The van der Waals surface area contributed by atoms with Crippen molar-refractivity contribution in [3.05, 3.63) is 0 Å². The van der Waals surface area contributed by atoms with Crippen LogP contribution in [0.2, 0.25) is 0 Å². The first kappa shape index (κ1) is 19.4. The lowest BCUT2D eigenvalue weighted by Gasteiger charge is -2.43. The first-order chi connectivity index (χ1) is 12.5. The number of thioether (sulfide) groups is 1. The summed E-state index contributed by atoms with van der Waals surface area (Å²) in [6.07, 6.45) is 2.38. The lowest BCUT2D eigenvalue weighted by molar-refractivity contribution is -0.146. The highest BCUT2D eigenvalue weighted by Gasteiger charge is 2.58. The fourth-order valence-corrected chi connectivity index (χ4v) is 5.42. The first-order valence-electron chi connectivity index (χ1n) is 9.04. The Morgan fingerprint density at radius 2 is 2.00 bits per heavy atom. The number of urea groups is 1. The summed E-state index contributed by atoms with van der Waals surface area (Å²) in [6.45, 7) is 1.95. The molecular formula is C17H27N3O5S. The number of carbonyl (C=O) groups is 3. The topological polar surface area (TPSA) is 79.4 Å². The first-order valence-corrected chi connectivity index (χ1v) is 10.2. The van der Waals surface area contributed by atoms with Gasteiger partial charge in [0.2, 0.25) is 0 Å². The molecule has 146 valence electrons. The number of amides is 3. The third kappa shape index (κ3) is 3.44. The largest absolute Gasteiger partial charge is 0.468 e. The number of nitrogens with zero attached hydrogens (tertiary/aromatic N) is 3. The summed E-state index contributed by atoms with van der Waals surface area (Å²) >= 11 is 1.97. The van der Waals surface area contributed by atoms with Gasteiger partial charge in [-0.25, -0.2) is 4.79 Å². The van der Waals surface area contributed by atoms with E-state index < -0.39 is 17.5 Å². The van der Waals surface area contributed by atoms with Crippen LogP contribution in [0.1, 0.15) is 19.3 Å². The highest BCUT2D eigenvalue weighted by Crippen LogP contribution is 2.38. The smallest absolute Gasteiger partial charge is 0.328 e. The maximum absolute atomic E-state index is 13.1. The lowest BCUT2D eigenvalue weighted by atomic mass is 9.85. The Balaban J connectivity index is 1.76. The number of likely N-dealkylation sites (tertiary alicyclic amines) is 1. The lowest BCUT2D eigenvalue weighted by Crippen LogP contribution is -2.58. The Kier molecular flexibility index (Phi) is 6.09. The molecule has 0 aromatic heterocycles. The van der Waals surface area contributed by atoms with Gasteiger partial charge in [-0.3, -0.25) is 19.4 Å². The van der Waals surface area contributed by atoms with Crippen molar-refractivity contribution in [1.82, 2.24) is 14.7 Å². The second-order valence-corrected chi connectivity index (χ2v) is 8.13. The second-order valence-electron chi connectivity index (χ2n) is 6.98. The van der Waals surface area contributed by atoms with E-state index in [0.717, 1.165) is 23.7 Å². The van der Waals surface area contributed by atoms with E-state index in [2.05, 4.69) is 9.64 Å². The van der Waals surface area contributed by atoms with Crippen molar-refractivity contribution in [1.29, 1.82) is 0 Å². The molecule has 26 heavy (non-hydrogen) atoms. The summed E-state index contributed by atoms with van der Waals surface area (Å²) in [5.74, 6) is 1.47. The summed E-state index contributed by atoms with van der Waals surface area (Å²) < 4.78 is 9.78. The van der Waals surface area contributed by atoms with Crippen molar-refractivity contribution in [2.45, 2.75) is 30.8 Å². The van der Waals surface area contributed by atoms with Crippen molar-refractivity contribution < 1.29 is 23.9 Å². The molecule has 1 atom stereocenters. The van der Waals surface area contributed by atoms with Gasteiger partial charge in [-0.15, -0.1) is 0 Å². The van der Waals surface area contributed by atoms with E-state index in [4.69, 9.17) is 4.74 Å². The van der Waals surface area contributed by atoms with E-state index in [0.29, 0.717) is 32.0 Å². The van der Waals surface area contributed by atoms with E-state index in [1.807, 2.05) is 11.8 Å². The molecule has 0 radical (unpaired) electrons. The molecule has 1 spiro atoms. The molecule has 3 heterocycles. The number of carbonyl (C=O) groups excluding carboxylic acids is 3.